The first kappa shape index (κ1) is 17.9. The highest BCUT2D eigenvalue weighted by atomic mass is 32.2. The maximum absolute atomic E-state index is 13.7. The minimum Gasteiger partial charge on any atom is -0.378 e. The van der Waals surface area contributed by atoms with E-state index in [4.69, 9.17) is 0 Å². The van der Waals surface area contributed by atoms with Crippen LogP contribution in [0.15, 0.2) is 63.6 Å². The monoisotopic (exact) mass is 368 g/mol. The van der Waals surface area contributed by atoms with E-state index in [1.807, 2.05) is 43.3 Å². The molecule has 0 saturated carbocycles. The predicted molar refractivity (Wildman–Crippen MR) is 106 cm³/mol. The van der Waals surface area contributed by atoms with Crippen LogP contribution in [-0.2, 0) is 4.79 Å². The van der Waals surface area contributed by atoms with E-state index in [2.05, 4.69) is 15.5 Å². The van der Waals surface area contributed by atoms with Gasteiger partial charge < -0.3 is 4.90 Å². The number of thioether (sulfide) groups is 1. The van der Waals surface area contributed by atoms with Gasteiger partial charge in [-0.05, 0) is 41.6 Å². The lowest BCUT2D eigenvalue weighted by Crippen LogP contribution is -2.19. The summed E-state index contributed by atoms with van der Waals surface area (Å²) in [7, 11) is 3.95. The molecule has 0 atom stereocenters. The van der Waals surface area contributed by atoms with Gasteiger partial charge in [0.2, 0.25) is 0 Å². The van der Waals surface area contributed by atoms with Gasteiger partial charge in [-0.2, -0.15) is 5.10 Å². The van der Waals surface area contributed by atoms with E-state index in [1.54, 1.807) is 24.4 Å². The van der Waals surface area contributed by atoms with Crippen LogP contribution < -0.4 is 10.2 Å². The maximum Gasteiger partial charge on any atom is 0.264 e. The molecular weight excluding hydrogens is 351 g/mol. The average molecular weight is 368 g/mol. The van der Waals surface area contributed by atoms with Gasteiger partial charge in [0.15, 0.2) is 5.17 Å². The van der Waals surface area contributed by atoms with Gasteiger partial charge in [-0.15, -0.1) is 5.10 Å². The predicted octanol–water partition coefficient (Wildman–Crippen LogP) is 3.49. The molecule has 132 valence electrons. The Morgan fingerprint density at radius 2 is 1.85 bits per heavy atom. The summed E-state index contributed by atoms with van der Waals surface area (Å²) in [6, 6.07) is 14.1. The molecule has 1 fully saturated rings. The molecule has 2 aromatic carbocycles. The summed E-state index contributed by atoms with van der Waals surface area (Å²) in [5, 5.41) is 11.0. The van der Waals surface area contributed by atoms with Crippen LogP contribution in [0.25, 0.3) is 6.08 Å². The molecule has 0 aromatic heterocycles. The Hall–Kier alpha value is -2.93. The maximum atomic E-state index is 13.7. The topological polar surface area (TPSA) is 57.1 Å². The molecule has 0 aliphatic carbocycles. The molecule has 2 aromatic rings. The second-order valence-corrected chi connectivity index (χ2v) is 6.75. The van der Waals surface area contributed by atoms with Crippen LogP contribution in [0.4, 0.5) is 10.1 Å². The number of hydrogen-bond acceptors (Lipinski definition) is 5. The Labute approximate surface area is 155 Å². The highest BCUT2D eigenvalue weighted by molar-refractivity contribution is 8.18. The molecule has 1 heterocycles. The van der Waals surface area contributed by atoms with E-state index in [9.17, 15) is 9.18 Å². The minimum absolute atomic E-state index is 0.317. The summed E-state index contributed by atoms with van der Waals surface area (Å²) in [6.45, 7) is 0. The molecule has 0 radical (unpaired) electrons. The Kier molecular flexibility index (Phi) is 5.48. The molecule has 0 spiro atoms. The number of amides is 1. The van der Waals surface area contributed by atoms with E-state index in [0.717, 1.165) is 23.0 Å². The van der Waals surface area contributed by atoms with Gasteiger partial charge in [0, 0.05) is 25.3 Å². The molecule has 3 rings (SSSR count). The van der Waals surface area contributed by atoms with E-state index < -0.39 is 0 Å². The lowest BCUT2D eigenvalue weighted by molar-refractivity contribution is -0.115. The third-order valence-corrected chi connectivity index (χ3v) is 4.51. The van der Waals surface area contributed by atoms with Crippen LogP contribution in [0.1, 0.15) is 11.1 Å². The number of rotatable bonds is 4. The number of anilines is 1. The summed E-state index contributed by atoms with van der Waals surface area (Å²) in [5.41, 5.74) is 2.35. The van der Waals surface area contributed by atoms with Crippen molar-refractivity contribution in [1.29, 1.82) is 0 Å². The molecular formula is C19H17FN4OS. The Morgan fingerprint density at radius 1 is 1.12 bits per heavy atom. The normalized spacial score (nSPS) is 17.3. The molecule has 7 heteroatoms. The van der Waals surface area contributed by atoms with Crippen molar-refractivity contribution in [2.45, 2.75) is 0 Å². The quantitative estimate of drug-likeness (QED) is 0.511. The van der Waals surface area contributed by atoms with Crippen molar-refractivity contribution in [1.82, 2.24) is 5.32 Å². The van der Waals surface area contributed by atoms with Crippen LogP contribution in [0.5, 0.6) is 0 Å². The summed E-state index contributed by atoms with van der Waals surface area (Å²) < 4.78 is 13.7. The fraction of sp³-hybridized carbons (Fsp3) is 0.105. The van der Waals surface area contributed by atoms with Crippen molar-refractivity contribution in [2.24, 2.45) is 10.2 Å². The highest BCUT2D eigenvalue weighted by Gasteiger charge is 2.24. The third kappa shape index (κ3) is 4.37. The zero-order valence-electron chi connectivity index (χ0n) is 14.3. The molecule has 26 heavy (non-hydrogen) atoms. The van der Waals surface area contributed by atoms with Gasteiger partial charge in [-0.25, -0.2) is 4.39 Å². The third-order valence-electron chi connectivity index (χ3n) is 3.61. The average Bonchev–Trinajstić information content (AvgIpc) is 2.97. The largest absolute Gasteiger partial charge is 0.378 e. The second-order valence-electron chi connectivity index (χ2n) is 5.72. The van der Waals surface area contributed by atoms with Crippen molar-refractivity contribution >= 4 is 40.8 Å². The van der Waals surface area contributed by atoms with Crippen LogP contribution >= 0.6 is 11.8 Å². The van der Waals surface area contributed by atoms with Gasteiger partial charge in [-0.1, -0.05) is 30.3 Å². The fourth-order valence-corrected chi connectivity index (χ4v) is 2.98. The number of amidine groups is 1. The molecule has 0 unspecified atom stereocenters. The first-order chi connectivity index (χ1) is 12.5. The summed E-state index contributed by atoms with van der Waals surface area (Å²) in [4.78, 5) is 14.4. The van der Waals surface area contributed by atoms with Gasteiger partial charge in [0.1, 0.15) is 5.82 Å². The van der Waals surface area contributed by atoms with E-state index >= 15 is 0 Å². The van der Waals surface area contributed by atoms with Gasteiger partial charge in [0.05, 0.1) is 11.1 Å². The number of hydrogen-bond donors (Lipinski definition) is 1. The zero-order chi connectivity index (χ0) is 18.5. The SMILES string of the molecule is CN(C)c1ccc(/C=N\N=C2\NC(=O)/C(=C\c3ccccc3F)S2)cc1. The van der Waals surface area contributed by atoms with Crippen LogP contribution in [0.3, 0.4) is 0 Å². The number of nitrogens with one attached hydrogen (secondary N) is 1. The van der Waals surface area contributed by atoms with E-state index in [1.165, 1.54) is 12.1 Å². The fourth-order valence-electron chi connectivity index (χ4n) is 2.22. The number of benzene rings is 2. The molecule has 1 saturated heterocycles. The zero-order valence-corrected chi connectivity index (χ0v) is 15.1. The molecule has 1 aliphatic heterocycles. The van der Waals surface area contributed by atoms with E-state index in [0.29, 0.717) is 15.6 Å². The highest BCUT2D eigenvalue weighted by Crippen LogP contribution is 2.26. The van der Waals surface area contributed by atoms with E-state index in [-0.39, 0.29) is 11.7 Å². The molecule has 1 N–H and O–H groups in total. The second kappa shape index (κ2) is 7.97. The van der Waals surface area contributed by atoms with Crippen molar-refractivity contribution in [3.8, 4) is 0 Å². The Morgan fingerprint density at radius 3 is 2.54 bits per heavy atom. The molecule has 1 amide bonds. The first-order valence-corrected chi connectivity index (χ1v) is 8.68. The Balaban J connectivity index is 1.69. The molecule has 1 aliphatic rings. The summed E-state index contributed by atoms with van der Waals surface area (Å²) in [5.74, 6) is -0.694. The van der Waals surface area contributed by atoms with Crippen molar-refractivity contribution in [3.63, 3.8) is 0 Å². The number of carbonyl (C=O) groups is 1. The minimum atomic E-state index is -0.377. The first-order valence-electron chi connectivity index (χ1n) is 7.87. The van der Waals surface area contributed by atoms with Crippen LogP contribution in [0.2, 0.25) is 0 Å². The number of carbonyl (C=O) groups excluding carboxylic acids is 1. The standard InChI is InChI=1S/C19H17FN4OS/c1-24(2)15-9-7-13(8-10-15)12-21-23-19-22-18(25)17(26-19)11-14-5-3-4-6-16(14)20/h3-12H,1-2H3,(H,22,23,25)/b17-11+,21-12-. The smallest absolute Gasteiger partial charge is 0.264 e. The molecule has 5 nitrogen and oxygen atoms in total. The van der Waals surface area contributed by atoms with Crippen molar-refractivity contribution in [3.05, 3.63) is 70.4 Å². The molecule has 0 bridgehead atoms. The van der Waals surface area contributed by atoms with Crippen molar-refractivity contribution in [2.75, 3.05) is 19.0 Å². The van der Waals surface area contributed by atoms with Crippen molar-refractivity contribution < 1.29 is 9.18 Å². The van der Waals surface area contributed by atoms with Gasteiger partial charge >= 0.3 is 0 Å². The van der Waals surface area contributed by atoms with Gasteiger partial charge in [0.25, 0.3) is 5.91 Å². The van der Waals surface area contributed by atoms with Crippen LogP contribution in [-0.4, -0.2) is 31.4 Å². The van der Waals surface area contributed by atoms with Gasteiger partial charge in [-0.3, -0.25) is 10.1 Å². The number of nitrogens with zero attached hydrogens (tertiary/aromatic N) is 3. The van der Waals surface area contributed by atoms with Crippen LogP contribution in [0, 0.1) is 5.82 Å². The Bertz CT molecular complexity index is 904. The summed E-state index contributed by atoms with van der Waals surface area (Å²) in [6.07, 6.45) is 3.11. The number of halogens is 1. The lowest BCUT2D eigenvalue weighted by atomic mass is 10.2. The lowest BCUT2D eigenvalue weighted by Gasteiger charge is -2.11. The summed E-state index contributed by atoms with van der Waals surface area (Å²) >= 11 is 1.13.